The molecule has 0 saturated carbocycles. The number of nitrogens with one attached hydrogen (secondary N) is 1. The molecule has 20 heavy (non-hydrogen) atoms. The number of ether oxygens (including phenoxy) is 2. The van der Waals surface area contributed by atoms with Crippen LogP contribution in [0.3, 0.4) is 0 Å². The number of hydrogen-bond acceptors (Lipinski definition) is 4. The molecule has 1 atom stereocenters. The molecule has 0 aliphatic carbocycles. The zero-order valence-electron chi connectivity index (χ0n) is 12.9. The van der Waals surface area contributed by atoms with Gasteiger partial charge in [0.1, 0.15) is 5.76 Å². The van der Waals surface area contributed by atoms with Crippen LogP contribution in [0.1, 0.15) is 51.4 Å². The molecule has 0 aromatic carbocycles. The van der Waals surface area contributed by atoms with E-state index in [9.17, 15) is 0 Å². The predicted molar refractivity (Wildman–Crippen MR) is 78.5 cm³/mol. The van der Waals surface area contributed by atoms with Crippen molar-refractivity contribution < 1.29 is 13.9 Å². The second kappa shape index (κ2) is 7.25. The quantitative estimate of drug-likeness (QED) is 0.869. The molecular formula is C16H27NO3. The standard InChI is InChI=1S/C16H27NO3/c1-16(2,3)17-10-15-13(7-9-20-15)11-18-12-14-6-4-5-8-19-14/h7,9,14,17H,4-6,8,10-12H2,1-3H3. The highest BCUT2D eigenvalue weighted by atomic mass is 16.5. The van der Waals surface area contributed by atoms with Gasteiger partial charge in [-0.15, -0.1) is 0 Å². The summed E-state index contributed by atoms with van der Waals surface area (Å²) in [5, 5.41) is 3.43. The molecule has 114 valence electrons. The lowest BCUT2D eigenvalue weighted by atomic mass is 10.1. The summed E-state index contributed by atoms with van der Waals surface area (Å²) in [6, 6.07) is 1.99. The van der Waals surface area contributed by atoms with Crippen molar-refractivity contribution in [1.29, 1.82) is 0 Å². The van der Waals surface area contributed by atoms with Crippen molar-refractivity contribution in [3.05, 3.63) is 23.7 Å². The smallest absolute Gasteiger partial charge is 0.123 e. The minimum atomic E-state index is 0.0842. The van der Waals surface area contributed by atoms with E-state index < -0.39 is 0 Å². The van der Waals surface area contributed by atoms with Gasteiger partial charge in [-0.05, 0) is 46.1 Å². The third-order valence-electron chi connectivity index (χ3n) is 3.45. The molecule has 1 aliphatic rings. The summed E-state index contributed by atoms with van der Waals surface area (Å²) >= 11 is 0. The van der Waals surface area contributed by atoms with E-state index in [1.807, 2.05) is 6.07 Å². The predicted octanol–water partition coefficient (Wildman–Crippen LogP) is 3.25. The van der Waals surface area contributed by atoms with Crippen LogP contribution in [0.2, 0.25) is 0 Å². The van der Waals surface area contributed by atoms with Gasteiger partial charge in [0.15, 0.2) is 0 Å². The zero-order chi connectivity index (χ0) is 14.4. The molecule has 0 radical (unpaired) electrons. The van der Waals surface area contributed by atoms with E-state index in [1.54, 1.807) is 6.26 Å². The lowest BCUT2D eigenvalue weighted by Crippen LogP contribution is -2.35. The van der Waals surface area contributed by atoms with Gasteiger partial charge >= 0.3 is 0 Å². The van der Waals surface area contributed by atoms with Crippen LogP contribution < -0.4 is 5.32 Å². The Labute approximate surface area is 121 Å². The molecule has 0 amide bonds. The molecule has 4 heteroatoms. The minimum Gasteiger partial charge on any atom is -0.468 e. The number of hydrogen-bond donors (Lipinski definition) is 1. The fourth-order valence-electron chi connectivity index (χ4n) is 2.24. The van der Waals surface area contributed by atoms with Crippen LogP contribution in [0.5, 0.6) is 0 Å². The Morgan fingerprint density at radius 3 is 2.90 bits per heavy atom. The molecule has 0 bridgehead atoms. The highest BCUT2D eigenvalue weighted by Gasteiger charge is 2.15. The maximum atomic E-state index is 5.78. The van der Waals surface area contributed by atoms with Gasteiger partial charge in [-0.2, -0.15) is 0 Å². The van der Waals surface area contributed by atoms with E-state index in [-0.39, 0.29) is 11.6 Å². The van der Waals surface area contributed by atoms with Crippen LogP contribution in [0.4, 0.5) is 0 Å². The maximum absolute atomic E-state index is 5.78. The molecular weight excluding hydrogens is 254 g/mol. The van der Waals surface area contributed by atoms with Crippen LogP contribution in [0.15, 0.2) is 16.7 Å². The van der Waals surface area contributed by atoms with Crippen LogP contribution in [0.25, 0.3) is 0 Å². The fourth-order valence-corrected chi connectivity index (χ4v) is 2.24. The number of furan rings is 1. The Bertz CT molecular complexity index is 389. The van der Waals surface area contributed by atoms with E-state index >= 15 is 0 Å². The summed E-state index contributed by atoms with van der Waals surface area (Å²) < 4.78 is 17.0. The summed E-state index contributed by atoms with van der Waals surface area (Å²) in [4.78, 5) is 0. The Balaban J connectivity index is 1.74. The van der Waals surface area contributed by atoms with E-state index in [2.05, 4.69) is 26.1 Å². The van der Waals surface area contributed by atoms with Crippen molar-refractivity contribution in [3.63, 3.8) is 0 Å². The van der Waals surface area contributed by atoms with Crippen molar-refractivity contribution >= 4 is 0 Å². The van der Waals surface area contributed by atoms with Gasteiger partial charge in [-0.1, -0.05) is 0 Å². The van der Waals surface area contributed by atoms with Gasteiger partial charge in [-0.3, -0.25) is 0 Å². The Kier molecular flexibility index (Phi) is 5.64. The van der Waals surface area contributed by atoms with Crippen molar-refractivity contribution in [1.82, 2.24) is 5.32 Å². The Hall–Kier alpha value is -0.840. The summed E-state index contributed by atoms with van der Waals surface area (Å²) in [6.07, 6.45) is 5.55. The molecule has 2 heterocycles. The average molecular weight is 281 g/mol. The summed E-state index contributed by atoms with van der Waals surface area (Å²) in [7, 11) is 0. The van der Waals surface area contributed by atoms with Crippen molar-refractivity contribution in [3.8, 4) is 0 Å². The summed E-state index contributed by atoms with van der Waals surface area (Å²) in [5.74, 6) is 0.962. The lowest BCUT2D eigenvalue weighted by molar-refractivity contribution is -0.0449. The molecule has 1 aliphatic heterocycles. The van der Waals surface area contributed by atoms with Crippen molar-refractivity contribution in [2.75, 3.05) is 13.2 Å². The second-order valence-electron chi connectivity index (χ2n) is 6.48. The van der Waals surface area contributed by atoms with Crippen LogP contribution >= 0.6 is 0 Å². The molecule has 0 spiro atoms. The molecule has 4 nitrogen and oxygen atoms in total. The van der Waals surface area contributed by atoms with Gasteiger partial charge in [0.2, 0.25) is 0 Å². The highest BCUT2D eigenvalue weighted by molar-refractivity contribution is 5.16. The monoisotopic (exact) mass is 281 g/mol. The van der Waals surface area contributed by atoms with Crippen molar-refractivity contribution in [2.45, 2.75) is 64.8 Å². The molecule has 1 aromatic rings. The molecule has 2 rings (SSSR count). The van der Waals surface area contributed by atoms with Gasteiger partial charge in [0.05, 0.1) is 32.1 Å². The second-order valence-corrected chi connectivity index (χ2v) is 6.48. The first-order chi connectivity index (χ1) is 9.54. The number of rotatable bonds is 6. The summed E-state index contributed by atoms with van der Waals surface area (Å²) in [5.41, 5.74) is 1.21. The Morgan fingerprint density at radius 2 is 2.20 bits per heavy atom. The lowest BCUT2D eigenvalue weighted by Gasteiger charge is -2.22. The van der Waals surface area contributed by atoms with Gasteiger partial charge in [0.25, 0.3) is 0 Å². The van der Waals surface area contributed by atoms with E-state index in [0.29, 0.717) is 13.2 Å². The molecule has 1 saturated heterocycles. The van der Waals surface area contributed by atoms with E-state index in [1.165, 1.54) is 12.8 Å². The zero-order valence-corrected chi connectivity index (χ0v) is 12.9. The minimum absolute atomic E-state index is 0.0842. The third-order valence-corrected chi connectivity index (χ3v) is 3.45. The first-order valence-electron chi connectivity index (χ1n) is 7.54. The molecule has 1 N–H and O–H groups in total. The van der Waals surface area contributed by atoms with Crippen LogP contribution in [-0.2, 0) is 22.6 Å². The summed E-state index contributed by atoms with van der Waals surface area (Å²) in [6.45, 7) is 9.32. The highest BCUT2D eigenvalue weighted by Crippen LogP contribution is 2.16. The van der Waals surface area contributed by atoms with Crippen LogP contribution in [-0.4, -0.2) is 24.9 Å². The third kappa shape index (κ3) is 5.27. The first kappa shape index (κ1) is 15.5. The van der Waals surface area contributed by atoms with Gasteiger partial charge in [0, 0.05) is 17.7 Å². The normalized spacial score (nSPS) is 20.2. The maximum Gasteiger partial charge on any atom is 0.123 e. The van der Waals surface area contributed by atoms with Gasteiger partial charge < -0.3 is 19.2 Å². The fraction of sp³-hybridized carbons (Fsp3) is 0.750. The molecule has 1 unspecified atom stereocenters. The largest absolute Gasteiger partial charge is 0.468 e. The van der Waals surface area contributed by atoms with Gasteiger partial charge in [-0.25, -0.2) is 0 Å². The van der Waals surface area contributed by atoms with E-state index in [4.69, 9.17) is 13.9 Å². The first-order valence-corrected chi connectivity index (χ1v) is 7.54. The van der Waals surface area contributed by atoms with Crippen molar-refractivity contribution in [2.24, 2.45) is 0 Å². The average Bonchev–Trinajstić information content (AvgIpc) is 2.84. The van der Waals surface area contributed by atoms with E-state index in [0.717, 1.165) is 30.9 Å². The van der Waals surface area contributed by atoms with Crippen LogP contribution in [0, 0.1) is 0 Å². The molecule has 1 aromatic heterocycles. The topological polar surface area (TPSA) is 43.6 Å². The Morgan fingerprint density at radius 1 is 1.35 bits per heavy atom. The SMILES string of the molecule is CC(C)(C)NCc1occc1COCC1CCCCO1. The molecule has 1 fully saturated rings.